The summed E-state index contributed by atoms with van der Waals surface area (Å²) in [4.78, 5) is 6.65. The quantitative estimate of drug-likeness (QED) is 0.546. The SMILES string of the molecule is CC(C)(C)n1ccc(C2C(c3ccccn3)NC(=S)N2c2ccc(NS(C)(=O)=O)cc2)c1. The van der Waals surface area contributed by atoms with Crippen LogP contribution in [-0.2, 0) is 15.6 Å². The lowest BCUT2D eigenvalue weighted by molar-refractivity contribution is 0.397. The van der Waals surface area contributed by atoms with Gasteiger partial charge in [0.2, 0.25) is 10.0 Å². The molecule has 0 amide bonds. The van der Waals surface area contributed by atoms with E-state index in [1.165, 1.54) is 0 Å². The molecule has 168 valence electrons. The molecule has 9 heteroatoms. The summed E-state index contributed by atoms with van der Waals surface area (Å²) in [5.41, 5.74) is 3.34. The van der Waals surface area contributed by atoms with E-state index in [0.29, 0.717) is 10.8 Å². The van der Waals surface area contributed by atoms with Crippen molar-refractivity contribution in [3.8, 4) is 0 Å². The van der Waals surface area contributed by atoms with Gasteiger partial charge >= 0.3 is 0 Å². The van der Waals surface area contributed by atoms with E-state index >= 15 is 0 Å². The number of hydrogen-bond acceptors (Lipinski definition) is 4. The van der Waals surface area contributed by atoms with Crippen LogP contribution in [0.3, 0.4) is 0 Å². The summed E-state index contributed by atoms with van der Waals surface area (Å²) in [6.07, 6.45) is 7.16. The van der Waals surface area contributed by atoms with Gasteiger partial charge in [-0.25, -0.2) is 8.42 Å². The van der Waals surface area contributed by atoms with Crippen molar-refractivity contribution in [3.05, 3.63) is 78.4 Å². The van der Waals surface area contributed by atoms with Crippen molar-refractivity contribution in [2.75, 3.05) is 15.9 Å². The lowest BCUT2D eigenvalue weighted by atomic mass is 9.98. The van der Waals surface area contributed by atoms with E-state index in [0.717, 1.165) is 23.2 Å². The Hall–Kier alpha value is -2.91. The van der Waals surface area contributed by atoms with Crippen molar-refractivity contribution >= 4 is 38.7 Å². The number of nitrogens with zero attached hydrogens (tertiary/aromatic N) is 3. The molecule has 1 aliphatic rings. The highest BCUT2D eigenvalue weighted by Crippen LogP contribution is 2.42. The van der Waals surface area contributed by atoms with E-state index in [4.69, 9.17) is 12.2 Å². The minimum absolute atomic E-state index is 0.0466. The third kappa shape index (κ3) is 4.63. The largest absolute Gasteiger partial charge is 0.351 e. The third-order valence-corrected chi connectivity index (χ3v) is 6.30. The molecule has 2 unspecified atom stereocenters. The maximum absolute atomic E-state index is 11.6. The van der Waals surface area contributed by atoms with Gasteiger partial charge in [0.1, 0.15) is 0 Å². The van der Waals surface area contributed by atoms with Gasteiger partial charge in [-0.3, -0.25) is 9.71 Å². The normalized spacial score (nSPS) is 19.1. The molecule has 0 spiro atoms. The van der Waals surface area contributed by atoms with Crippen molar-refractivity contribution in [1.82, 2.24) is 14.9 Å². The molecular formula is C23H27N5O2S2. The summed E-state index contributed by atoms with van der Waals surface area (Å²) in [6.45, 7) is 6.49. The van der Waals surface area contributed by atoms with E-state index in [2.05, 4.69) is 63.7 Å². The average Bonchev–Trinajstić information content (AvgIpc) is 3.33. The predicted octanol–water partition coefficient (Wildman–Crippen LogP) is 4.19. The number of rotatable bonds is 5. The minimum Gasteiger partial charge on any atom is -0.351 e. The third-order valence-electron chi connectivity index (χ3n) is 5.38. The molecule has 1 aromatic carbocycles. The van der Waals surface area contributed by atoms with Gasteiger partial charge in [-0.1, -0.05) is 6.07 Å². The summed E-state index contributed by atoms with van der Waals surface area (Å²) in [5, 5.41) is 4.04. The molecule has 1 saturated heterocycles. The molecule has 3 heterocycles. The molecule has 2 atom stereocenters. The number of thiocarbonyl (C=S) groups is 1. The van der Waals surface area contributed by atoms with Crippen LogP contribution in [0.4, 0.5) is 11.4 Å². The number of nitrogens with one attached hydrogen (secondary N) is 2. The zero-order valence-electron chi connectivity index (χ0n) is 18.5. The molecule has 0 radical (unpaired) electrons. The molecule has 0 saturated carbocycles. The van der Waals surface area contributed by atoms with Crippen molar-refractivity contribution < 1.29 is 8.42 Å². The van der Waals surface area contributed by atoms with Gasteiger partial charge in [0.15, 0.2) is 5.11 Å². The van der Waals surface area contributed by atoms with Gasteiger partial charge in [0.05, 0.1) is 24.0 Å². The first-order chi connectivity index (χ1) is 15.0. The van der Waals surface area contributed by atoms with Crippen LogP contribution in [0.2, 0.25) is 0 Å². The van der Waals surface area contributed by atoms with Gasteiger partial charge in [-0.05, 0) is 81.0 Å². The van der Waals surface area contributed by atoms with E-state index in [9.17, 15) is 8.42 Å². The highest BCUT2D eigenvalue weighted by Gasteiger charge is 2.41. The van der Waals surface area contributed by atoms with Crippen molar-refractivity contribution in [1.29, 1.82) is 0 Å². The molecule has 3 aromatic rings. The fourth-order valence-electron chi connectivity index (χ4n) is 3.88. The number of anilines is 2. The van der Waals surface area contributed by atoms with Gasteiger partial charge in [-0.15, -0.1) is 0 Å². The second-order valence-corrected chi connectivity index (χ2v) is 11.1. The lowest BCUT2D eigenvalue weighted by Crippen LogP contribution is -2.29. The van der Waals surface area contributed by atoms with E-state index in [-0.39, 0.29) is 17.6 Å². The Morgan fingerprint density at radius 1 is 1.09 bits per heavy atom. The Labute approximate surface area is 194 Å². The van der Waals surface area contributed by atoms with E-state index in [1.54, 1.807) is 18.3 Å². The smallest absolute Gasteiger partial charge is 0.229 e. The maximum atomic E-state index is 11.6. The number of hydrogen-bond donors (Lipinski definition) is 2. The van der Waals surface area contributed by atoms with Crippen LogP contribution in [0.1, 0.15) is 44.1 Å². The topological polar surface area (TPSA) is 79.3 Å². The highest BCUT2D eigenvalue weighted by atomic mass is 32.2. The van der Waals surface area contributed by atoms with Crippen LogP contribution >= 0.6 is 12.2 Å². The second-order valence-electron chi connectivity index (χ2n) is 8.94. The predicted molar refractivity (Wildman–Crippen MR) is 132 cm³/mol. The molecule has 7 nitrogen and oxygen atoms in total. The van der Waals surface area contributed by atoms with Crippen molar-refractivity contribution in [3.63, 3.8) is 0 Å². The van der Waals surface area contributed by atoms with Crippen LogP contribution in [0, 0.1) is 0 Å². The summed E-state index contributed by atoms with van der Waals surface area (Å²) < 4.78 is 27.8. The zero-order chi connectivity index (χ0) is 23.1. The van der Waals surface area contributed by atoms with Crippen LogP contribution in [0.25, 0.3) is 0 Å². The van der Waals surface area contributed by atoms with Gasteiger partial charge < -0.3 is 14.8 Å². The first-order valence-corrected chi connectivity index (χ1v) is 12.6. The molecule has 4 rings (SSSR count). The number of sulfonamides is 1. The van der Waals surface area contributed by atoms with E-state index in [1.807, 2.05) is 30.3 Å². The maximum Gasteiger partial charge on any atom is 0.229 e. The summed E-state index contributed by atoms with van der Waals surface area (Å²) in [6, 6.07) is 15.0. The van der Waals surface area contributed by atoms with Crippen LogP contribution in [-0.4, -0.2) is 29.3 Å². The van der Waals surface area contributed by atoms with Crippen molar-refractivity contribution in [2.45, 2.75) is 38.4 Å². The van der Waals surface area contributed by atoms with Gasteiger partial charge in [0.25, 0.3) is 0 Å². The van der Waals surface area contributed by atoms with Gasteiger partial charge in [-0.2, -0.15) is 0 Å². The Balaban J connectivity index is 1.76. The summed E-state index contributed by atoms with van der Waals surface area (Å²) in [7, 11) is -3.34. The molecule has 2 aromatic heterocycles. The Bertz CT molecular complexity index is 1220. The fraction of sp³-hybridized carbons (Fsp3) is 0.304. The number of pyridine rings is 1. The monoisotopic (exact) mass is 469 g/mol. The minimum atomic E-state index is -3.34. The molecule has 1 aliphatic heterocycles. The molecule has 32 heavy (non-hydrogen) atoms. The van der Waals surface area contributed by atoms with Crippen LogP contribution < -0.4 is 14.9 Å². The van der Waals surface area contributed by atoms with Crippen molar-refractivity contribution in [2.24, 2.45) is 0 Å². The zero-order valence-corrected chi connectivity index (χ0v) is 20.1. The lowest BCUT2D eigenvalue weighted by Gasteiger charge is -2.28. The summed E-state index contributed by atoms with van der Waals surface area (Å²) >= 11 is 5.75. The van der Waals surface area contributed by atoms with Crippen LogP contribution in [0.5, 0.6) is 0 Å². The Kier molecular flexibility index (Phi) is 5.72. The molecule has 0 aliphatic carbocycles. The fourth-order valence-corrected chi connectivity index (χ4v) is 4.79. The van der Waals surface area contributed by atoms with Gasteiger partial charge in [0, 0.05) is 35.5 Å². The number of benzene rings is 1. The highest BCUT2D eigenvalue weighted by molar-refractivity contribution is 7.92. The molecule has 0 bridgehead atoms. The molecule has 1 fully saturated rings. The van der Waals surface area contributed by atoms with Crippen LogP contribution in [0.15, 0.2) is 67.1 Å². The summed E-state index contributed by atoms with van der Waals surface area (Å²) in [5.74, 6) is 0. The number of aromatic nitrogens is 2. The molecule has 2 N–H and O–H groups in total. The van der Waals surface area contributed by atoms with E-state index < -0.39 is 10.0 Å². The molecular weight excluding hydrogens is 442 g/mol. The average molecular weight is 470 g/mol. The Morgan fingerprint density at radius 3 is 2.38 bits per heavy atom. The first kappa shape index (κ1) is 22.3. The standard InChI is InChI=1S/C23H27N5O2S2/c1-23(2,3)27-14-12-16(15-27)21-20(19-7-5-6-13-24-19)25-22(31)28(21)18-10-8-17(9-11-18)26-32(4,29)30/h5-15,20-21,26H,1-4H3,(H,25,31). The first-order valence-electron chi connectivity index (χ1n) is 10.3. The second kappa shape index (κ2) is 8.22. The Morgan fingerprint density at radius 2 is 1.81 bits per heavy atom.